The highest BCUT2D eigenvalue weighted by Crippen LogP contribution is 2.25. The van der Waals surface area contributed by atoms with Crippen molar-refractivity contribution in [1.29, 1.82) is 0 Å². The smallest absolute Gasteiger partial charge is 0.189 e. The third kappa shape index (κ3) is 1.55. The Bertz CT molecular complexity index is 389. The van der Waals surface area contributed by atoms with Crippen molar-refractivity contribution in [3.05, 3.63) is 28.6 Å². The molecule has 0 heterocycles. The normalized spacial score (nSPS) is 13.0. The van der Waals surface area contributed by atoms with Gasteiger partial charge in [0.05, 0.1) is 0 Å². The molecule has 0 aliphatic carbocycles. The van der Waals surface area contributed by atoms with Gasteiger partial charge in [-0.1, -0.05) is 0 Å². The summed E-state index contributed by atoms with van der Waals surface area (Å²) < 4.78 is 58.4. The van der Waals surface area contributed by atoms with Crippen molar-refractivity contribution in [2.75, 3.05) is 0 Å². The van der Waals surface area contributed by atoms with E-state index in [9.17, 15) is 17.4 Å². The first kappa shape index (κ1) is 11.2. The Hall–Kier alpha value is -0.880. The standard InChI is InChI=1S/C8H7F3O2S/c1-3-5(9)6(10)4(2)8(7(3)11)14(12)13/h1-2H3,(H,12,13). The van der Waals surface area contributed by atoms with Crippen molar-refractivity contribution in [3.8, 4) is 0 Å². The molecule has 14 heavy (non-hydrogen) atoms. The number of halogens is 3. The fourth-order valence-electron chi connectivity index (χ4n) is 1.07. The van der Waals surface area contributed by atoms with Crippen molar-refractivity contribution >= 4 is 11.1 Å². The Morgan fingerprint density at radius 1 is 1.00 bits per heavy atom. The highest BCUT2D eigenvalue weighted by Gasteiger charge is 2.22. The molecule has 1 atom stereocenters. The maximum absolute atomic E-state index is 13.2. The lowest BCUT2D eigenvalue weighted by Crippen LogP contribution is -2.06. The highest BCUT2D eigenvalue weighted by molar-refractivity contribution is 7.79. The monoisotopic (exact) mass is 224 g/mol. The zero-order valence-corrected chi connectivity index (χ0v) is 8.21. The van der Waals surface area contributed by atoms with Crippen LogP contribution in [0.4, 0.5) is 13.2 Å². The molecular weight excluding hydrogens is 217 g/mol. The molecule has 1 unspecified atom stereocenters. The zero-order chi connectivity index (χ0) is 11.0. The summed E-state index contributed by atoms with van der Waals surface area (Å²) in [6.45, 7) is 2.05. The SMILES string of the molecule is Cc1c(F)c(F)c(C)c(S(=O)O)c1F. The summed E-state index contributed by atoms with van der Waals surface area (Å²) in [5.74, 6) is -3.79. The van der Waals surface area contributed by atoms with Gasteiger partial charge < -0.3 is 4.55 Å². The van der Waals surface area contributed by atoms with Crippen LogP contribution in [-0.4, -0.2) is 8.76 Å². The largest absolute Gasteiger partial charge is 0.302 e. The van der Waals surface area contributed by atoms with Crippen LogP contribution in [0.5, 0.6) is 0 Å². The van der Waals surface area contributed by atoms with Gasteiger partial charge in [-0.25, -0.2) is 17.4 Å². The summed E-state index contributed by atoms with van der Waals surface area (Å²) in [6, 6.07) is 0. The quantitative estimate of drug-likeness (QED) is 0.587. The zero-order valence-electron chi connectivity index (χ0n) is 7.40. The van der Waals surface area contributed by atoms with Gasteiger partial charge in [-0.3, -0.25) is 0 Å². The van der Waals surface area contributed by atoms with E-state index in [-0.39, 0.29) is 0 Å². The van der Waals surface area contributed by atoms with E-state index < -0.39 is 44.6 Å². The van der Waals surface area contributed by atoms with Gasteiger partial charge in [0.2, 0.25) is 0 Å². The minimum Gasteiger partial charge on any atom is -0.302 e. The van der Waals surface area contributed by atoms with Crippen LogP contribution in [0.25, 0.3) is 0 Å². The molecule has 0 fully saturated rings. The van der Waals surface area contributed by atoms with Crippen LogP contribution in [0.15, 0.2) is 4.90 Å². The van der Waals surface area contributed by atoms with Crippen LogP contribution in [0.3, 0.4) is 0 Å². The number of rotatable bonds is 1. The Morgan fingerprint density at radius 2 is 1.43 bits per heavy atom. The van der Waals surface area contributed by atoms with Gasteiger partial charge in [-0.05, 0) is 13.8 Å². The van der Waals surface area contributed by atoms with Gasteiger partial charge in [-0.2, -0.15) is 0 Å². The molecule has 0 saturated heterocycles. The molecule has 1 rings (SSSR count). The van der Waals surface area contributed by atoms with E-state index in [0.29, 0.717) is 0 Å². The predicted molar refractivity (Wildman–Crippen MR) is 44.8 cm³/mol. The topological polar surface area (TPSA) is 37.3 Å². The lowest BCUT2D eigenvalue weighted by Gasteiger charge is -2.08. The number of hydrogen-bond acceptors (Lipinski definition) is 1. The number of benzene rings is 1. The third-order valence-electron chi connectivity index (χ3n) is 1.89. The van der Waals surface area contributed by atoms with Crippen LogP contribution in [-0.2, 0) is 11.1 Å². The number of hydrogen-bond donors (Lipinski definition) is 1. The second kappa shape index (κ2) is 3.70. The van der Waals surface area contributed by atoms with E-state index in [2.05, 4.69) is 0 Å². The molecule has 1 N–H and O–H groups in total. The molecule has 0 bridgehead atoms. The van der Waals surface area contributed by atoms with Crippen LogP contribution in [0.1, 0.15) is 11.1 Å². The van der Waals surface area contributed by atoms with E-state index >= 15 is 0 Å². The Balaban J connectivity index is 3.68. The lowest BCUT2D eigenvalue weighted by molar-refractivity contribution is 0.464. The fourth-order valence-corrected chi connectivity index (χ4v) is 1.73. The molecule has 0 amide bonds. The first-order valence-corrected chi connectivity index (χ1v) is 4.73. The van der Waals surface area contributed by atoms with Gasteiger partial charge in [0, 0.05) is 11.1 Å². The molecule has 0 saturated carbocycles. The van der Waals surface area contributed by atoms with Crippen molar-refractivity contribution < 1.29 is 21.9 Å². The van der Waals surface area contributed by atoms with E-state index in [1.54, 1.807) is 0 Å². The molecule has 78 valence electrons. The van der Waals surface area contributed by atoms with Gasteiger partial charge in [0.15, 0.2) is 22.7 Å². The highest BCUT2D eigenvalue weighted by atomic mass is 32.2. The third-order valence-corrected chi connectivity index (χ3v) is 2.73. The maximum Gasteiger partial charge on any atom is 0.189 e. The van der Waals surface area contributed by atoms with Crippen LogP contribution >= 0.6 is 0 Å². The van der Waals surface area contributed by atoms with E-state index in [1.165, 1.54) is 0 Å². The first-order valence-electron chi connectivity index (χ1n) is 3.62. The summed E-state index contributed by atoms with van der Waals surface area (Å²) in [4.78, 5) is -0.707. The van der Waals surface area contributed by atoms with E-state index in [4.69, 9.17) is 4.55 Å². The first-order chi connectivity index (χ1) is 6.37. The maximum atomic E-state index is 13.2. The molecule has 1 aromatic rings. The van der Waals surface area contributed by atoms with Gasteiger partial charge in [0.1, 0.15) is 10.7 Å². The molecule has 0 radical (unpaired) electrons. The predicted octanol–water partition coefficient (Wildman–Crippen LogP) is 2.30. The Kier molecular flexibility index (Phi) is 2.96. The van der Waals surface area contributed by atoms with Crippen molar-refractivity contribution in [2.45, 2.75) is 18.7 Å². The summed E-state index contributed by atoms with van der Waals surface area (Å²) >= 11 is -2.66. The Labute approximate surface area is 81.0 Å². The molecule has 0 aliphatic rings. The summed E-state index contributed by atoms with van der Waals surface area (Å²) in [7, 11) is 0. The molecule has 1 aromatic carbocycles. The molecule has 0 spiro atoms. The van der Waals surface area contributed by atoms with E-state index in [0.717, 1.165) is 13.8 Å². The van der Waals surface area contributed by atoms with Gasteiger partial charge in [-0.15, -0.1) is 0 Å². The Morgan fingerprint density at radius 3 is 1.86 bits per heavy atom. The molecule has 0 aromatic heterocycles. The van der Waals surface area contributed by atoms with Crippen molar-refractivity contribution in [3.63, 3.8) is 0 Å². The van der Waals surface area contributed by atoms with Crippen LogP contribution in [0.2, 0.25) is 0 Å². The molecule has 2 nitrogen and oxygen atoms in total. The summed E-state index contributed by atoms with van der Waals surface area (Å²) in [5.41, 5.74) is -1.07. The van der Waals surface area contributed by atoms with Crippen molar-refractivity contribution in [1.82, 2.24) is 0 Å². The molecule has 6 heteroatoms. The second-order valence-electron chi connectivity index (χ2n) is 2.77. The van der Waals surface area contributed by atoms with Crippen LogP contribution in [0, 0.1) is 31.3 Å². The van der Waals surface area contributed by atoms with Gasteiger partial charge in [0.25, 0.3) is 0 Å². The molecule has 0 aliphatic heterocycles. The average Bonchev–Trinajstić information content (AvgIpc) is 2.11. The summed E-state index contributed by atoms with van der Waals surface area (Å²) in [6.07, 6.45) is 0. The molecular formula is C8H7F3O2S. The average molecular weight is 224 g/mol. The van der Waals surface area contributed by atoms with E-state index in [1.807, 2.05) is 0 Å². The van der Waals surface area contributed by atoms with Crippen molar-refractivity contribution in [2.24, 2.45) is 0 Å². The minimum atomic E-state index is -2.66. The van der Waals surface area contributed by atoms with Crippen LogP contribution < -0.4 is 0 Å². The second-order valence-corrected chi connectivity index (χ2v) is 3.68. The van der Waals surface area contributed by atoms with Gasteiger partial charge >= 0.3 is 0 Å². The summed E-state index contributed by atoms with van der Waals surface area (Å²) in [5, 5.41) is 0. The lowest BCUT2D eigenvalue weighted by atomic mass is 10.1. The fraction of sp³-hybridized carbons (Fsp3) is 0.250. The minimum absolute atomic E-state index is 0.480.